The Morgan fingerprint density at radius 2 is 2.19 bits per heavy atom. The fourth-order valence-electron chi connectivity index (χ4n) is 1.23. The zero-order valence-electron chi connectivity index (χ0n) is 9.29. The van der Waals surface area contributed by atoms with Crippen LogP contribution >= 0.6 is 24.0 Å². The Balaban J connectivity index is 0.00000225. The van der Waals surface area contributed by atoms with Gasteiger partial charge in [0, 0.05) is 23.2 Å². The van der Waals surface area contributed by atoms with Gasteiger partial charge < -0.3 is 10.6 Å². The molecule has 0 bridgehead atoms. The molecule has 1 aromatic carbocycles. The number of carbonyl (C=O) groups is 1. The van der Waals surface area contributed by atoms with E-state index in [1.165, 1.54) is 0 Å². The van der Waals surface area contributed by atoms with Crippen LogP contribution in [0.5, 0.6) is 0 Å². The predicted octanol–water partition coefficient (Wildman–Crippen LogP) is 2.56. The van der Waals surface area contributed by atoms with Crippen LogP contribution in [-0.2, 0) is 4.79 Å². The number of hydrogen-bond acceptors (Lipinski definition) is 2. The Morgan fingerprint density at radius 1 is 1.50 bits per heavy atom. The number of hydrogen-bond donors (Lipinski definition) is 2. The largest absolute Gasteiger partial charge is 0.326 e. The molecule has 0 saturated heterocycles. The number of rotatable bonds is 4. The Hall–Kier alpha value is -0.770. The Labute approximate surface area is 107 Å². The van der Waals surface area contributed by atoms with Crippen LogP contribution in [0.1, 0.15) is 6.92 Å². The highest BCUT2D eigenvalue weighted by molar-refractivity contribution is 6.30. The fourth-order valence-corrected chi connectivity index (χ4v) is 1.42. The topological polar surface area (TPSA) is 41.1 Å². The van der Waals surface area contributed by atoms with Gasteiger partial charge in [-0.3, -0.25) is 4.79 Å². The quantitative estimate of drug-likeness (QED) is 0.876. The number of amides is 1. The minimum atomic E-state index is -0.0611. The van der Waals surface area contributed by atoms with Crippen molar-refractivity contribution >= 4 is 35.6 Å². The van der Waals surface area contributed by atoms with Gasteiger partial charge >= 0.3 is 0 Å². The highest BCUT2D eigenvalue weighted by Gasteiger charge is 2.11. The zero-order chi connectivity index (χ0) is 11.3. The van der Waals surface area contributed by atoms with Crippen molar-refractivity contribution in [2.75, 3.05) is 18.9 Å². The highest BCUT2D eigenvalue weighted by Crippen LogP contribution is 2.15. The molecule has 1 aromatic rings. The summed E-state index contributed by atoms with van der Waals surface area (Å²) < 4.78 is 0. The first kappa shape index (κ1) is 15.2. The van der Waals surface area contributed by atoms with Crippen LogP contribution < -0.4 is 10.6 Å². The van der Waals surface area contributed by atoms with Gasteiger partial charge in [0.05, 0.1) is 0 Å². The van der Waals surface area contributed by atoms with E-state index >= 15 is 0 Å². The summed E-state index contributed by atoms with van der Waals surface area (Å²) in [5.74, 6) is -0.0689. The van der Waals surface area contributed by atoms with Crippen molar-refractivity contribution in [1.82, 2.24) is 5.32 Å². The summed E-state index contributed by atoms with van der Waals surface area (Å²) in [6, 6.07) is 7.12. The summed E-state index contributed by atoms with van der Waals surface area (Å²) in [7, 11) is 1.82. The summed E-state index contributed by atoms with van der Waals surface area (Å²) in [6.45, 7) is 2.53. The predicted molar refractivity (Wildman–Crippen MR) is 70.4 cm³/mol. The van der Waals surface area contributed by atoms with E-state index in [-0.39, 0.29) is 24.2 Å². The van der Waals surface area contributed by atoms with Crippen LogP contribution in [-0.4, -0.2) is 19.5 Å². The van der Waals surface area contributed by atoms with E-state index in [2.05, 4.69) is 10.6 Å². The molecule has 1 rings (SSSR count). The number of benzene rings is 1. The molecule has 0 saturated carbocycles. The van der Waals surface area contributed by atoms with Gasteiger partial charge in [0.2, 0.25) is 5.91 Å². The maximum Gasteiger partial charge on any atom is 0.228 e. The SMILES string of the molecule is CNCC(C)C(=O)Nc1cccc(Cl)c1.Cl. The third-order valence-corrected chi connectivity index (χ3v) is 2.29. The molecule has 0 aromatic heterocycles. The molecule has 90 valence electrons. The number of anilines is 1. The van der Waals surface area contributed by atoms with Crippen molar-refractivity contribution in [3.05, 3.63) is 29.3 Å². The molecule has 16 heavy (non-hydrogen) atoms. The van der Waals surface area contributed by atoms with E-state index in [4.69, 9.17) is 11.6 Å². The first-order valence-corrected chi connectivity index (χ1v) is 5.22. The molecule has 0 aliphatic carbocycles. The first-order chi connectivity index (χ1) is 7.13. The smallest absolute Gasteiger partial charge is 0.228 e. The lowest BCUT2D eigenvalue weighted by Crippen LogP contribution is -2.28. The van der Waals surface area contributed by atoms with Gasteiger partial charge in [0.1, 0.15) is 0 Å². The van der Waals surface area contributed by atoms with Gasteiger partial charge in [-0.25, -0.2) is 0 Å². The fraction of sp³-hybridized carbons (Fsp3) is 0.364. The summed E-state index contributed by atoms with van der Waals surface area (Å²) >= 11 is 5.81. The van der Waals surface area contributed by atoms with Crippen LogP contribution in [0.15, 0.2) is 24.3 Å². The Bertz CT molecular complexity index is 345. The Morgan fingerprint density at radius 3 is 2.75 bits per heavy atom. The molecule has 0 heterocycles. The molecule has 1 unspecified atom stereocenters. The average Bonchev–Trinajstić information content (AvgIpc) is 2.18. The highest BCUT2D eigenvalue weighted by atomic mass is 35.5. The molecular formula is C11H16Cl2N2O. The second kappa shape index (κ2) is 7.49. The molecule has 0 aliphatic heterocycles. The molecule has 2 N–H and O–H groups in total. The van der Waals surface area contributed by atoms with Crippen molar-refractivity contribution in [3.8, 4) is 0 Å². The third-order valence-electron chi connectivity index (χ3n) is 2.05. The van der Waals surface area contributed by atoms with E-state index in [9.17, 15) is 4.79 Å². The minimum absolute atomic E-state index is 0. The normalized spacial score (nSPS) is 11.4. The van der Waals surface area contributed by atoms with E-state index in [1.807, 2.05) is 20.0 Å². The summed E-state index contributed by atoms with van der Waals surface area (Å²) in [6.07, 6.45) is 0. The number of nitrogens with one attached hydrogen (secondary N) is 2. The van der Waals surface area contributed by atoms with Gasteiger partial charge in [-0.15, -0.1) is 12.4 Å². The number of carbonyl (C=O) groups excluding carboxylic acids is 1. The van der Waals surface area contributed by atoms with Gasteiger partial charge in [-0.1, -0.05) is 24.6 Å². The van der Waals surface area contributed by atoms with Crippen molar-refractivity contribution in [3.63, 3.8) is 0 Å². The van der Waals surface area contributed by atoms with Gasteiger partial charge in [0.15, 0.2) is 0 Å². The van der Waals surface area contributed by atoms with Crippen LogP contribution in [0.2, 0.25) is 5.02 Å². The Kier molecular flexibility index (Phi) is 7.13. The van der Waals surface area contributed by atoms with E-state index in [1.54, 1.807) is 18.2 Å². The van der Waals surface area contributed by atoms with Crippen LogP contribution in [0.25, 0.3) is 0 Å². The number of halogens is 2. The standard InChI is InChI=1S/C11H15ClN2O.ClH/c1-8(7-13-2)11(15)14-10-5-3-4-9(12)6-10;/h3-6,8,13H,7H2,1-2H3,(H,14,15);1H. The van der Waals surface area contributed by atoms with Crippen LogP contribution in [0.4, 0.5) is 5.69 Å². The molecule has 3 nitrogen and oxygen atoms in total. The minimum Gasteiger partial charge on any atom is -0.326 e. The third kappa shape index (κ3) is 4.84. The second-order valence-corrected chi connectivity index (χ2v) is 3.89. The van der Waals surface area contributed by atoms with E-state index < -0.39 is 0 Å². The van der Waals surface area contributed by atoms with Gasteiger partial charge in [-0.2, -0.15) is 0 Å². The molecule has 1 atom stereocenters. The lowest BCUT2D eigenvalue weighted by Gasteiger charge is -2.11. The molecule has 5 heteroatoms. The maximum atomic E-state index is 11.6. The van der Waals surface area contributed by atoms with Crippen molar-refractivity contribution < 1.29 is 4.79 Å². The van der Waals surface area contributed by atoms with E-state index in [0.29, 0.717) is 11.6 Å². The first-order valence-electron chi connectivity index (χ1n) is 4.84. The lowest BCUT2D eigenvalue weighted by molar-refractivity contribution is -0.119. The molecule has 0 aliphatic rings. The molecule has 0 spiro atoms. The van der Waals surface area contributed by atoms with Crippen molar-refractivity contribution in [2.45, 2.75) is 6.92 Å². The van der Waals surface area contributed by atoms with E-state index in [0.717, 1.165) is 5.69 Å². The van der Waals surface area contributed by atoms with Crippen LogP contribution in [0, 0.1) is 5.92 Å². The average molecular weight is 263 g/mol. The summed E-state index contributed by atoms with van der Waals surface area (Å²) in [5.41, 5.74) is 0.732. The summed E-state index contributed by atoms with van der Waals surface area (Å²) in [5, 5.41) is 6.38. The van der Waals surface area contributed by atoms with Crippen LogP contribution in [0.3, 0.4) is 0 Å². The monoisotopic (exact) mass is 262 g/mol. The maximum absolute atomic E-state index is 11.6. The molecule has 0 radical (unpaired) electrons. The molecule has 1 amide bonds. The van der Waals surface area contributed by atoms with Crippen molar-refractivity contribution in [2.24, 2.45) is 5.92 Å². The van der Waals surface area contributed by atoms with Gasteiger partial charge in [0.25, 0.3) is 0 Å². The molecule has 0 fully saturated rings. The second-order valence-electron chi connectivity index (χ2n) is 3.46. The zero-order valence-corrected chi connectivity index (χ0v) is 10.9. The lowest BCUT2D eigenvalue weighted by atomic mass is 10.1. The summed E-state index contributed by atoms with van der Waals surface area (Å²) in [4.78, 5) is 11.6. The molecular weight excluding hydrogens is 247 g/mol. The van der Waals surface area contributed by atoms with Gasteiger partial charge in [-0.05, 0) is 25.2 Å². The van der Waals surface area contributed by atoms with Crippen molar-refractivity contribution in [1.29, 1.82) is 0 Å².